The summed E-state index contributed by atoms with van der Waals surface area (Å²) in [5.74, 6) is 1.76. The number of hydrogen-bond donors (Lipinski definition) is 0. The summed E-state index contributed by atoms with van der Waals surface area (Å²) in [6.45, 7) is 1.94. The fourth-order valence-corrected chi connectivity index (χ4v) is 1.82. The standard InChI is InChI=1S/C6H10O2S/c1-6(3-9-4-6)5(7)8-2/h3-4H2,1-2H3. The van der Waals surface area contributed by atoms with Gasteiger partial charge in [0.2, 0.25) is 0 Å². The van der Waals surface area contributed by atoms with E-state index in [-0.39, 0.29) is 11.4 Å². The number of esters is 1. The molecule has 52 valence electrons. The second-order valence-electron chi connectivity index (χ2n) is 2.55. The van der Waals surface area contributed by atoms with Crippen LogP contribution in [0.25, 0.3) is 0 Å². The van der Waals surface area contributed by atoms with Crippen molar-refractivity contribution in [3.8, 4) is 0 Å². The Balaban J connectivity index is 2.49. The second kappa shape index (κ2) is 2.21. The molecule has 0 bridgehead atoms. The van der Waals surface area contributed by atoms with Gasteiger partial charge in [-0.1, -0.05) is 0 Å². The van der Waals surface area contributed by atoms with Crippen molar-refractivity contribution in [3.63, 3.8) is 0 Å². The monoisotopic (exact) mass is 146 g/mol. The number of carbonyl (C=O) groups is 1. The van der Waals surface area contributed by atoms with E-state index >= 15 is 0 Å². The fraction of sp³-hybridized carbons (Fsp3) is 0.833. The topological polar surface area (TPSA) is 26.3 Å². The molecule has 0 amide bonds. The average Bonchev–Trinajstić information content (AvgIpc) is 1.81. The predicted octanol–water partition coefficient (Wildman–Crippen LogP) is 0.912. The molecule has 0 aromatic heterocycles. The minimum atomic E-state index is -0.167. The van der Waals surface area contributed by atoms with Gasteiger partial charge in [-0.15, -0.1) is 0 Å². The molecule has 1 saturated heterocycles. The first kappa shape index (κ1) is 6.93. The predicted molar refractivity (Wildman–Crippen MR) is 37.4 cm³/mol. The highest BCUT2D eigenvalue weighted by Crippen LogP contribution is 2.38. The summed E-state index contributed by atoms with van der Waals surface area (Å²) in [6, 6.07) is 0. The molecule has 9 heavy (non-hydrogen) atoms. The quantitative estimate of drug-likeness (QED) is 0.514. The van der Waals surface area contributed by atoms with Crippen LogP contribution < -0.4 is 0 Å². The summed E-state index contributed by atoms with van der Waals surface area (Å²) in [7, 11) is 1.44. The first-order valence-electron chi connectivity index (χ1n) is 2.85. The van der Waals surface area contributed by atoms with E-state index in [0.717, 1.165) is 11.5 Å². The molecule has 0 radical (unpaired) electrons. The summed E-state index contributed by atoms with van der Waals surface area (Å²) in [5.41, 5.74) is -0.167. The molecule has 3 heteroatoms. The van der Waals surface area contributed by atoms with Gasteiger partial charge in [0.05, 0.1) is 12.5 Å². The van der Waals surface area contributed by atoms with Gasteiger partial charge in [0.15, 0.2) is 0 Å². The number of ether oxygens (including phenoxy) is 1. The highest BCUT2D eigenvalue weighted by atomic mass is 32.2. The van der Waals surface area contributed by atoms with Crippen molar-refractivity contribution in [2.45, 2.75) is 6.92 Å². The van der Waals surface area contributed by atoms with Crippen molar-refractivity contribution in [1.82, 2.24) is 0 Å². The summed E-state index contributed by atoms with van der Waals surface area (Å²) in [4.78, 5) is 10.9. The zero-order chi connectivity index (χ0) is 6.91. The average molecular weight is 146 g/mol. The largest absolute Gasteiger partial charge is 0.469 e. The fourth-order valence-electron chi connectivity index (χ4n) is 0.772. The molecule has 0 saturated carbocycles. The van der Waals surface area contributed by atoms with Crippen molar-refractivity contribution in [2.24, 2.45) is 5.41 Å². The van der Waals surface area contributed by atoms with Crippen LogP contribution in [-0.2, 0) is 9.53 Å². The van der Waals surface area contributed by atoms with E-state index in [9.17, 15) is 4.79 Å². The van der Waals surface area contributed by atoms with E-state index in [1.54, 1.807) is 11.8 Å². The molecule has 0 aromatic carbocycles. The van der Waals surface area contributed by atoms with Crippen molar-refractivity contribution in [3.05, 3.63) is 0 Å². The van der Waals surface area contributed by atoms with Gasteiger partial charge in [0, 0.05) is 11.5 Å². The second-order valence-corrected chi connectivity index (χ2v) is 3.53. The van der Waals surface area contributed by atoms with Gasteiger partial charge in [0.1, 0.15) is 0 Å². The maximum atomic E-state index is 10.9. The Morgan fingerprint density at radius 2 is 2.22 bits per heavy atom. The van der Waals surface area contributed by atoms with Gasteiger partial charge >= 0.3 is 5.97 Å². The Morgan fingerprint density at radius 1 is 1.67 bits per heavy atom. The lowest BCUT2D eigenvalue weighted by Crippen LogP contribution is -2.41. The third kappa shape index (κ3) is 1.06. The summed E-state index contributed by atoms with van der Waals surface area (Å²) in [6.07, 6.45) is 0. The lowest BCUT2D eigenvalue weighted by Gasteiger charge is -2.33. The molecule has 0 aliphatic carbocycles. The van der Waals surface area contributed by atoms with Gasteiger partial charge in [0.25, 0.3) is 0 Å². The highest BCUT2D eigenvalue weighted by molar-refractivity contribution is 8.00. The van der Waals surface area contributed by atoms with Gasteiger partial charge in [-0.2, -0.15) is 11.8 Å². The SMILES string of the molecule is COC(=O)C1(C)CSC1. The maximum Gasteiger partial charge on any atom is 0.313 e. The third-order valence-corrected chi connectivity index (χ3v) is 3.20. The third-order valence-electron chi connectivity index (χ3n) is 1.52. The van der Waals surface area contributed by atoms with Gasteiger partial charge < -0.3 is 4.74 Å². The Morgan fingerprint density at radius 3 is 2.33 bits per heavy atom. The number of methoxy groups -OCH3 is 1. The van der Waals surface area contributed by atoms with Crippen LogP contribution in [0.1, 0.15) is 6.92 Å². The van der Waals surface area contributed by atoms with Crippen LogP contribution in [-0.4, -0.2) is 24.6 Å². The number of thioether (sulfide) groups is 1. The minimum absolute atomic E-state index is 0.0683. The molecule has 0 N–H and O–H groups in total. The van der Waals surface area contributed by atoms with E-state index in [2.05, 4.69) is 4.74 Å². The zero-order valence-corrected chi connectivity index (χ0v) is 6.46. The molecule has 2 nitrogen and oxygen atoms in total. The molecular weight excluding hydrogens is 136 g/mol. The normalized spacial score (nSPS) is 22.4. The van der Waals surface area contributed by atoms with Gasteiger partial charge in [-0.3, -0.25) is 4.79 Å². The van der Waals surface area contributed by atoms with Crippen LogP contribution in [0.5, 0.6) is 0 Å². The van der Waals surface area contributed by atoms with E-state index in [1.807, 2.05) is 6.92 Å². The molecule has 0 spiro atoms. The van der Waals surface area contributed by atoms with Crippen LogP contribution in [0.4, 0.5) is 0 Å². The number of carbonyl (C=O) groups excluding carboxylic acids is 1. The molecular formula is C6H10O2S. The van der Waals surface area contributed by atoms with Crippen molar-refractivity contribution < 1.29 is 9.53 Å². The van der Waals surface area contributed by atoms with Crippen molar-refractivity contribution in [1.29, 1.82) is 0 Å². The zero-order valence-electron chi connectivity index (χ0n) is 5.64. The van der Waals surface area contributed by atoms with Crippen molar-refractivity contribution >= 4 is 17.7 Å². The first-order valence-corrected chi connectivity index (χ1v) is 4.01. The summed E-state index contributed by atoms with van der Waals surface area (Å²) in [5, 5.41) is 0. The van der Waals surface area contributed by atoms with E-state index in [0.29, 0.717) is 0 Å². The Bertz CT molecular complexity index is 129. The van der Waals surface area contributed by atoms with E-state index < -0.39 is 0 Å². The number of rotatable bonds is 1. The summed E-state index contributed by atoms with van der Waals surface area (Å²) >= 11 is 1.79. The Kier molecular flexibility index (Phi) is 1.70. The van der Waals surface area contributed by atoms with Crippen LogP contribution >= 0.6 is 11.8 Å². The molecule has 0 atom stereocenters. The molecule has 1 fully saturated rings. The van der Waals surface area contributed by atoms with Crippen LogP contribution in [0.3, 0.4) is 0 Å². The maximum absolute atomic E-state index is 10.9. The minimum Gasteiger partial charge on any atom is -0.469 e. The lowest BCUT2D eigenvalue weighted by molar-refractivity contribution is -0.149. The lowest BCUT2D eigenvalue weighted by atomic mass is 9.95. The molecule has 1 aliphatic heterocycles. The Hall–Kier alpha value is -0.180. The van der Waals surface area contributed by atoms with E-state index in [1.165, 1.54) is 7.11 Å². The molecule has 0 aromatic rings. The van der Waals surface area contributed by atoms with Crippen molar-refractivity contribution in [2.75, 3.05) is 18.6 Å². The van der Waals surface area contributed by atoms with E-state index in [4.69, 9.17) is 0 Å². The van der Waals surface area contributed by atoms with Crippen LogP contribution in [0, 0.1) is 5.41 Å². The highest BCUT2D eigenvalue weighted by Gasteiger charge is 2.41. The van der Waals surface area contributed by atoms with Gasteiger partial charge in [-0.25, -0.2) is 0 Å². The Labute approximate surface area is 59.0 Å². The molecule has 1 aliphatic rings. The molecule has 1 heterocycles. The van der Waals surface area contributed by atoms with Crippen LogP contribution in [0.15, 0.2) is 0 Å². The van der Waals surface area contributed by atoms with Crippen LogP contribution in [0.2, 0.25) is 0 Å². The first-order chi connectivity index (χ1) is 4.19. The smallest absolute Gasteiger partial charge is 0.313 e. The summed E-state index contributed by atoms with van der Waals surface area (Å²) < 4.78 is 4.60. The number of hydrogen-bond acceptors (Lipinski definition) is 3. The molecule has 0 unspecified atom stereocenters. The molecule has 1 rings (SSSR count). The van der Waals surface area contributed by atoms with Gasteiger partial charge in [-0.05, 0) is 6.92 Å².